The molecule has 3 nitrogen and oxygen atoms in total. The van der Waals surface area contributed by atoms with Gasteiger partial charge in [-0.3, -0.25) is 4.79 Å². The zero-order valence-electron chi connectivity index (χ0n) is 13.1. The predicted octanol–water partition coefficient (Wildman–Crippen LogP) is 3.88. The van der Waals surface area contributed by atoms with Crippen LogP contribution in [0.4, 0.5) is 8.78 Å². The number of piperidine rings is 1. The van der Waals surface area contributed by atoms with E-state index in [-0.39, 0.29) is 18.3 Å². The number of hydrogen-bond donors (Lipinski definition) is 1. The molecule has 0 aliphatic carbocycles. The monoisotopic (exact) mass is 364 g/mol. The number of carbonyl (C=O) groups excluding carboxylic acids is 1. The Bertz CT molecular complexity index is 497. The Hall–Kier alpha value is -0.850. The predicted molar refractivity (Wildman–Crippen MR) is 92.7 cm³/mol. The normalized spacial score (nSPS) is 15.6. The topological polar surface area (TPSA) is 32.3 Å². The first-order chi connectivity index (χ1) is 10.6. The van der Waals surface area contributed by atoms with Gasteiger partial charge >= 0.3 is 0 Å². The smallest absolute Gasteiger partial charge is 0.288 e. The van der Waals surface area contributed by atoms with Crippen molar-refractivity contribution in [2.24, 2.45) is 5.92 Å². The largest absolute Gasteiger partial charge is 0.339 e. The van der Waals surface area contributed by atoms with E-state index in [2.05, 4.69) is 5.32 Å². The Labute approximate surface area is 146 Å². The second-order valence-corrected chi connectivity index (χ2v) is 6.53. The quantitative estimate of drug-likeness (QED) is 0.777. The minimum absolute atomic E-state index is 0. The molecule has 1 fully saturated rings. The summed E-state index contributed by atoms with van der Waals surface area (Å²) in [4.78, 5) is 14.7. The molecule has 0 radical (unpaired) electrons. The third-order valence-electron chi connectivity index (χ3n) is 4.04. The molecule has 1 aliphatic heterocycles. The zero-order chi connectivity index (χ0) is 15.9. The molecule has 1 aromatic carbocycles. The van der Waals surface area contributed by atoms with Gasteiger partial charge in [0.15, 0.2) is 0 Å². The lowest BCUT2D eigenvalue weighted by Gasteiger charge is -2.32. The lowest BCUT2D eigenvalue weighted by atomic mass is 9.93. The van der Waals surface area contributed by atoms with Crippen molar-refractivity contribution in [3.05, 3.63) is 29.8 Å². The van der Waals surface area contributed by atoms with Crippen molar-refractivity contribution in [1.29, 1.82) is 0 Å². The van der Waals surface area contributed by atoms with Crippen LogP contribution in [0.5, 0.6) is 0 Å². The summed E-state index contributed by atoms with van der Waals surface area (Å²) in [7, 11) is 1.94. The zero-order valence-corrected chi connectivity index (χ0v) is 14.8. The molecule has 0 saturated carbocycles. The molecule has 0 aromatic heterocycles. The Balaban J connectivity index is 0.00000264. The number of alkyl halides is 2. The van der Waals surface area contributed by atoms with Gasteiger partial charge in [-0.1, -0.05) is 23.9 Å². The lowest BCUT2D eigenvalue weighted by molar-refractivity contribution is 0.0683. The highest BCUT2D eigenvalue weighted by Crippen LogP contribution is 2.30. The highest BCUT2D eigenvalue weighted by atomic mass is 35.5. The van der Waals surface area contributed by atoms with Crippen molar-refractivity contribution in [2.45, 2.75) is 29.9 Å². The van der Waals surface area contributed by atoms with Crippen LogP contribution in [0.25, 0.3) is 0 Å². The lowest BCUT2D eigenvalue weighted by Crippen LogP contribution is -2.39. The maximum Gasteiger partial charge on any atom is 0.288 e. The highest BCUT2D eigenvalue weighted by molar-refractivity contribution is 7.99. The fourth-order valence-corrected chi connectivity index (χ4v) is 3.42. The van der Waals surface area contributed by atoms with Gasteiger partial charge in [-0.25, -0.2) is 0 Å². The standard InChI is InChI=1S/C16H22F2N2OS.ClH/c1-19-9-6-12-7-10-20(11-8-12)15(21)13-4-2-3-5-14(13)22-16(17)18;/h2-5,12,16,19H,6-11H2,1H3;1H. The number of nitrogens with zero attached hydrogens (tertiary/aromatic N) is 1. The van der Waals surface area contributed by atoms with Crippen molar-refractivity contribution >= 4 is 30.1 Å². The molecule has 7 heteroatoms. The van der Waals surface area contributed by atoms with Crippen LogP contribution in [0.15, 0.2) is 29.2 Å². The summed E-state index contributed by atoms with van der Waals surface area (Å²) in [6, 6.07) is 6.64. The van der Waals surface area contributed by atoms with Crippen LogP contribution in [0.3, 0.4) is 0 Å². The van der Waals surface area contributed by atoms with Crippen LogP contribution in [0.1, 0.15) is 29.6 Å². The van der Waals surface area contributed by atoms with Gasteiger partial charge in [0, 0.05) is 18.0 Å². The maximum absolute atomic E-state index is 12.6. The molecule has 2 rings (SSSR count). The molecule has 0 unspecified atom stereocenters. The Kier molecular flexibility index (Phi) is 8.87. The van der Waals surface area contributed by atoms with Crippen LogP contribution >= 0.6 is 24.2 Å². The van der Waals surface area contributed by atoms with Crippen LogP contribution in [0, 0.1) is 5.92 Å². The number of rotatable bonds is 6. The van der Waals surface area contributed by atoms with Gasteiger partial charge < -0.3 is 10.2 Å². The van der Waals surface area contributed by atoms with Crippen molar-refractivity contribution < 1.29 is 13.6 Å². The number of benzene rings is 1. The molecule has 1 amide bonds. The van der Waals surface area contributed by atoms with Crippen LogP contribution in [0.2, 0.25) is 0 Å². The first-order valence-corrected chi connectivity index (χ1v) is 8.47. The minimum Gasteiger partial charge on any atom is -0.339 e. The Morgan fingerprint density at radius 3 is 2.61 bits per heavy atom. The number of nitrogens with one attached hydrogen (secondary N) is 1. The molecule has 130 valence electrons. The fourth-order valence-electron chi connectivity index (χ4n) is 2.79. The molecule has 0 bridgehead atoms. The second kappa shape index (κ2) is 10.1. The molecular formula is C16H23ClF2N2OS. The van der Waals surface area contributed by atoms with E-state index in [1.165, 1.54) is 0 Å². The number of likely N-dealkylation sites (tertiary alicyclic amines) is 1. The average Bonchev–Trinajstić information content (AvgIpc) is 2.53. The molecule has 23 heavy (non-hydrogen) atoms. The van der Waals surface area contributed by atoms with E-state index in [1.807, 2.05) is 7.05 Å². The third kappa shape index (κ3) is 5.94. The summed E-state index contributed by atoms with van der Waals surface area (Å²) in [5.41, 5.74) is 0.390. The highest BCUT2D eigenvalue weighted by Gasteiger charge is 2.25. The molecule has 1 aromatic rings. The van der Waals surface area contributed by atoms with Crippen molar-refractivity contribution in [2.75, 3.05) is 26.7 Å². The van der Waals surface area contributed by atoms with E-state index >= 15 is 0 Å². The van der Waals surface area contributed by atoms with Gasteiger partial charge in [0.1, 0.15) is 0 Å². The summed E-state index contributed by atoms with van der Waals surface area (Å²) in [5, 5.41) is 3.15. The van der Waals surface area contributed by atoms with E-state index < -0.39 is 5.76 Å². The van der Waals surface area contributed by atoms with Gasteiger partial charge in [0.25, 0.3) is 11.7 Å². The molecule has 0 atom stereocenters. The number of carbonyl (C=O) groups is 1. The van der Waals surface area contributed by atoms with Crippen LogP contribution in [-0.4, -0.2) is 43.2 Å². The number of thioether (sulfide) groups is 1. The fraction of sp³-hybridized carbons (Fsp3) is 0.562. The third-order valence-corrected chi connectivity index (χ3v) is 4.83. The average molecular weight is 365 g/mol. The van der Waals surface area contributed by atoms with Gasteiger partial charge in [-0.15, -0.1) is 12.4 Å². The summed E-state index contributed by atoms with van der Waals surface area (Å²) in [5.74, 6) is -2.00. The van der Waals surface area contributed by atoms with Crippen LogP contribution in [-0.2, 0) is 0 Å². The van der Waals surface area contributed by atoms with E-state index in [9.17, 15) is 13.6 Å². The van der Waals surface area contributed by atoms with Gasteiger partial charge in [0.05, 0.1) is 5.56 Å². The molecule has 1 saturated heterocycles. The molecule has 1 aliphatic rings. The molecule has 0 spiro atoms. The van der Waals surface area contributed by atoms with E-state index in [0.717, 1.165) is 25.8 Å². The van der Waals surface area contributed by atoms with Crippen molar-refractivity contribution in [3.63, 3.8) is 0 Å². The van der Waals surface area contributed by atoms with E-state index in [0.29, 0.717) is 41.2 Å². The van der Waals surface area contributed by atoms with Gasteiger partial charge in [0.2, 0.25) is 0 Å². The van der Waals surface area contributed by atoms with E-state index in [1.54, 1.807) is 29.2 Å². The minimum atomic E-state index is -2.51. The summed E-state index contributed by atoms with van der Waals surface area (Å²) < 4.78 is 25.2. The Morgan fingerprint density at radius 2 is 2.00 bits per heavy atom. The second-order valence-electron chi connectivity index (χ2n) is 5.50. The Morgan fingerprint density at radius 1 is 1.35 bits per heavy atom. The number of hydrogen-bond acceptors (Lipinski definition) is 3. The van der Waals surface area contributed by atoms with Gasteiger partial charge in [-0.05, 0) is 50.9 Å². The SMILES string of the molecule is CNCCC1CCN(C(=O)c2ccccc2SC(F)F)CC1.Cl. The molecule has 1 heterocycles. The first-order valence-electron chi connectivity index (χ1n) is 7.59. The maximum atomic E-state index is 12.6. The van der Waals surface area contributed by atoms with Crippen molar-refractivity contribution in [3.8, 4) is 0 Å². The van der Waals surface area contributed by atoms with Crippen LogP contribution < -0.4 is 5.32 Å². The summed E-state index contributed by atoms with van der Waals surface area (Å²) >= 11 is 0.440. The first kappa shape index (κ1) is 20.2. The molecule has 1 N–H and O–H groups in total. The summed E-state index contributed by atoms with van der Waals surface area (Å²) in [6.45, 7) is 2.41. The number of halogens is 3. The van der Waals surface area contributed by atoms with E-state index in [4.69, 9.17) is 0 Å². The van der Waals surface area contributed by atoms with Gasteiger partial charge in [-0.2, -0.15) is 8.78 Å². The van der Waals surface area contributed by atoms with Crippen molar-refractivity contribution in [1.82, 2.24) is 10.2 Å². The summed E-state index contributed by atoms with van der Waals surface area (Å²) in [6.07, 6.45) is 3.09. The molecular weight excluding hydrogens is 342 g/mol. The number of amides is 1.